The average molecular weight is 691 g/mol. The largest absolute Gasteiger partial charge is 0.276 e. The molecule has 2 heterocycles. The summed E-state index contributed by atoms with van der Waals surface area (Å²) in [5.74, 6) is -44.8. The van der Waals surface area contributed by atoms with Gasteiger partial charge < -0.3 is 0 Å². The number of hydrogen-bond acceptors (Lipinski definition) is 0. The van der Waals surface area contributed by atoms with Crippen molar-refractivity contribution in [1.82, 2.24) is 0 Å². The molecule has 0 N–H and O–H groups in total. The van der Waals surface area contributed by atoms with Crippen LogP contribution < -0.4 is 16.4 Å². The number of piperidine rings is 1. The van der Waals surface area contributed by atoms with Gasteiger partial charge in [0.1, 0.15) is 46.7 Å². The van der Waals surface area contributed by atoms with Crippen molar-refractivity contribution in [2.75, 3.05) is 6.54 Å². The van der Waals surface area contributed by atoms with Crippen LogP contribution in [0, 0.1) is 87.3 Å². The first kappa shape index (κ1) is 34.7. The van der Waals surface area contributed by atoms with E-state index in [0.29, 0.717) is 19.3 Å². The van der Waals surface area contributed by atoms with Crippen LogP contribution in [0.2, 0.25) is 0 Å². The molecule has 1 nitrogen and oxygen atoms in total. The van der Waals surface area contributed by atoms with Crippen LogP contribution in [0.25, 0.3) is 0 Å². The fraction of sp³-hybridized carbons (Fsp3) is 0.333. The Kier molecular flexibility index (Phi) is 7.89. The normalized spacial score (nSPS) is 19.2. The number of quaternary nitrogens is 1. The smallest absolute Gasteiger partial charge is 0.200 e. The molecular formula is C30H21BF15N. The van der Waals surface area contributed by atoms with Crippen LogP contribution in [0.4, 0.5) is 65.9 Å². The Balaban J connectivity index is 2.18. The van der Waals surface area contributed by atoms with Crippen molar-refractivity contribution in [3.05, 3.63) is 98.9 Å². The van der Waals surface area contributed by atoms with E-state index >= 15 is 26.3 Å². The van der Waals surface area contributed by atoms with Gasteiger partial charge in [0.2, 0.25) is 0 Å². The van der Waals surface area contributed by atoms with Crippen LogP contribution in [0.3, 0.4) is 0 Å². The van der Waals surface area contributed by atoms with Crippen molar-refractivity contribution in [2.45, 2.75) is 58.0 Å². The van der Waals surface area contributed by atoms with Gasteiger partial charge in [0.05, 0.1) is 11.1 Å². The zero-order chi connectivity index (χ0) is 35.5. The molecule has 47 heavy (non-hydrogen) atoms. The Morgan fingerprint density at radius 2 is 0.660 bits per heavy atom. The Morgan fingerprint density at radius 1 is 0.426 bits per heavy atom. The lowest BCUT2D eigenvalue weighted by Gasteiger charge is -2.51. The summed E-state index contributed by atoms with van der Waals surface area (Å²) in [5, 5.41) is 0. The van der Waals surface area contributed by atoms with Gasteiger partial charge in [-0.2, -0.15) is 5.98 Å². The Hall–Kier alpha value is -3.63. The quantitative estimate of drug-likeness (QED) is 0.0677. The van der Waals surface area contributed by atoms with Gasteiger partial charge in [-0.15, -0.1) is 16.4 Å². The predicted molar refractivity (Wildman–Crippen MR) is 139 cm³/mol. The lowest BCUT2D eigenvalue weighted by molar-refractivity contribution is -0.891. The molecule has 3 aromatic rings. The maximum absolute atomic E-state index is 15.8. The van der Waals surface area contributed by atoms with Crippen molar-refractivity contribution < 1.29 is 70.3 Å². The second-order valence-electron chi connectivity index (χ2n) is 13.0. The molecule has 2 fully saturated rings. The lowest BCUT2D eigenvalue weighted by atomic mass is 9.15. The van der Waals surface area contributed by atoms with Gasteiger partial charge in [-0.3, -0.25) is 4.48 Å². The number of benzene rings is 3. The lowest BCUT2D eigenvalue weighted by Crippen LogP contribution is -2.72. The van der Waals surface area contributed by atoms with Crippen LogP contribution in [0.5, 0.6) is 0 Å². The van der Waals surface area contributed by atoms with Gasteiger partial charge in [-0.25, -0.2) is 65.9 Å². The monoisotopic (exact) mass is 691 g/mol. The van der Waals surface area contributed by atoms with E-state index in [1.165, 1.54) is 0 Å². The first-order valence-electron chi connectivity index (χ1n) is 13.9. The van der Waals surface area contributed by atoms with E-state index in [2.05, 4.69) is 0 Å². The molecule has 1 spiro atoms. The van der Waals surface area contributed by atoms with Crippen LogP contribution in [0.1, 0.15) is 47.0 Å². The highest BCUT2D eigenvalue weighted by Gasteiger charge is 2.69. The third-order valence-electron chi connectivity index (χ3n) is 9.97. The fourth-order valence-electron chi connectivity index (χ4n) is 7.78. The summed E-state index contributed by atoms with van der Waals surface area (Å²) >= 11 is 0. The summed E-state index contributed by atoms with van der Waals surface area (Å²) in [6, 6.07) is 0. The molecule has 0 amide bonds. The molecule has 0 bridgehead atoms. The molecule has 0 aromatic heterocycles. The fourth-order valence-corrected chi connectivity index (χ4v) is 7.78. The third kappa shape index (κ3) is 4.33. The number of rotatable bonds is 4. The topological polar surface area (TPSA) is 0 Å². The van der Waals surface area contributed by atoms with Crippen molar-refractivity contribution in [3.8, 4) is 0 Å². The molecule has 0 radical (unpaired) electrons. The highest BCUT2D eigenvalue weighted by Crippen LogP contribution is 2.58. The minimum Gasteiger partial charge on any atom is -0.276 e. The minimum atomic E-state index is -5.72. The Labute approximate surface area is 256 Å². The predicted octanol–water partition coefficient (Wildman–Crippen LogP) is 7.24. The molecule has 0 saturated carbocycles. The van der Waals surface area contributed by atoms with Gasteiger partial charge in [-0.05, 0) is 34.1 Å². The standard InChI is InChI=1S/C30H21BF15N/c1-29(2)6-5-7-30(3,4)47(29)9-10(47)8-31(11-14(32)20(38)26(44)21(39)15(11)33,12-16(34)22(40)27(45)23(41)17(12)35)13-18(36)24(42)28(46)25(43)19(13)37/h8H,5-7,9H2,1-4H3/b10-8+. The molecule has 2 aliphatic heterocycles. The second-order valence-corrected chi connectivity index (χ2v) is 13.0. The zero-order valence-electron chi connectivity index (χ0n) is 24.6. The molecule has 17 heteroatoms. The van der Waals surface area contributed by atoms with Crippen LogP contribution in [-0.2, 0) is 0 Å². The maximum Gasteiger partial charge on any atom is 0.200 e. The van der Waals surface area contributed by atoms with E-state index < -0.39 is 121 Å². The first-order valence-corrected chi connectivity index (χ1v) is 13.9. The highest BCUT2D eigenvalue weighted by molar-refractivity contribution is 7.15. The SMILES string of the molecule is CC1(C)CCCC(C)(C)[N+]12C/C2=C\[B-](c1c(F)c(F)c(F)c(F)c1F)(c1c(F)c(F)c(F)c(F)c1F)c1c(F)c(F)c(F)c(F)c1F. The molecular weight excluding hydrogens is 670 g/mol. The number of hydrogen-bond donors (Lipinski definition) is 0. The molecule has 0 atom stereocenters. The summed E-state index contributed by atoms with van der Waals surface area (Å²) in [5.41, 5.74) is -10.1. The molecule has 254 valence electrons. The minimum absolute atomic E-state index is 0.129. The molecule has 5 rings (SSSR count). The van der Waals surface area contributed by atoms with Crippen molar-refractivity contribution in [3.63, 3.8) is 0 Å². The third-order valence-corrected chi connectivity index (χ3v) is 9.97. The van der Waals surface area contributed by atoms with E-state index in [1.54, 1.807) is 27.7 Å². The van der Waals surface area contributed by atoms with E-state index in [1.807, 2.05) is 0 Å². The Bertz CT molecular complexity index is 1650. The number of halogens is 15. The first-order chi connectivity index (χ1) is 21.5. The molecule has 3 aromatic carbocycles. The van der Waals surface area contributed by atoms with E-state index in [-0.39, 0.29) is 22.7 Å². The zero-order valence-corrected chi connectivity index (χ0v) is 24.6. The van der Waals surface area contributed by atoms with Crippen LogP contribution >= 0.6 is 0 Å². The van der Waals surface area contributed by atoms with Crippen LogP contribution in [-0.4, -0.2) is 28.3 Å². The van der Waals surface area contributed by atoms with Gasteiger partial charge in [0.15, 0.2) is 58.9 Å². The van der Waals surface area contributed by atoms with Crippen LogP contribution in [0.15, 0.2) is 11.7 Å². The summed E-state index contributed by atoms with van der Waals surface area (Å²) in [6.45, 7) is 6.08. The summed E-state index contributed by atoms with van der Waals surface area (Å²) in [6.07, 6.45) is -4.51. The molecule has 0 aliphatic carbocycles. The van der Waals surface area contributed by atoms with Crippen molar-refractivity contribution in [2.24, 2.45) is 0 Å². The molecule has 2 aliphatic rings. The number of nitrogens with zero attached hydrogens (tertiary/aromatic N) is 1. The van der Waals surface area contributed by atoms with Gasteiger partial charge in [0, 0.05) is 12.8 Å². The van der Waals surface area contributed by atoms with Gasteiger partial charge in [-0.1, -0.05) is 0 Å². The van der Waals surface area contributed by atoms with E-state index in [9.17, 15) is 39.5 Å². The molecule has 0 unspecified atom stereocenters. The van der Waals surface area contributed by atoms with Crippen molar-refractivity contribution >= 4 is 22.5 Å². The Morgan fingerprint density at radius 3 is 0.915 bits per heavy atom. The summed E-state index contributed by atoms with van der Waals surface area (Å²) in [4.78, 5) is 0. The summed E-state index contributed by atoms with van der Waals surface area (Å²) < 4.78 is 226. The van der Waals surface area contributed by atoms with Gasteiger partial charge in [0.25, 0.3) is 0 Å². The summed E-state index contributed by atoms with van der Waals surface area (Å²) in [7, 11) is 0. The van der Waals surface area contributed by atoms with Crippen molar-refractivity contribution in [1.29, 1.82) is 0 Å². The van der Waals surface area contributed by atoms with E-state index in [4.69, 9.17) is 0 Å². The second kappa shape index (κ2) is 10.7. The van der Waals surface area contributed by atoms with E-state index in [0.717, 1.165) is 0 Å². The highest BCUT2D eigenvalue weighted by atomic mass is 19.2. The average Bonchev–Trinajstić information content (AvgIpc) is 3.74. The van der Waals surface area contributed by atoms with Gasteiger partial charge >= 0.3 is 0 Å². The maximum atomic E-state index is 15.8. The molecule has 2 saturated heterocycles.